The van der Waals surface area contributed by atoms with Gasteiger partial charge >= 0.3 is 0 Å². The highest BCUT2D eigenvalue weighted by Gasteiger charge is 2.11. The predicted octanol–water partition coefficient (Wildman–Crippen LogP) is 2.95. The minimum atomic E-state index is -0.454. The summed E-state index contributed by atoms with van der Waals surface area (Å²) in [6.07, 6.45) is 0. The summed E-state index contributed by atoms with van der Waals surface area (Å²) in [5, 5.41) is 8.23. The van der Waals surface area contributed by atoms with Crippen LogP contribution in [0.2, 0.25) is 0 Å². The van der Waals surface area contributed by atoms with Crippen molar-refractivity contribution in [1.82, 2.24) is 0 Å². The van der Waals surface area contributed by atoms with Gasteiger partial charge in [-0.15, -0.1) is 11.6 Å². The zero-order valence-electron chi connectivity index (χ0n) is 9.07. The van der Waals surface area contributed by atoms with Crippen LogP contribution in [-0.2, 0) is 0 Å². The molecule has 80 valence electrons. The molecule has 0 amide bonds. The topological polar surface area (TPSA) is 27.0 Å². The number of nitriles is 1. The average molecular weight is 223 g/mol. The maximum Gasteiger partial charge on any atom is 0.137 e. The third kappa shape index (κ3) is 3.14. The van der Waals surface area contributed by atoms with Crippen molar-refractivity contribution in [2.24, 2.45) is 0 Å². The number of alkyl halides is 1. The lowest BCUT2D eigenvalue weighted by molar-refractivity contribution is 0.827. The smallest absolute Gasteiger partial charge is 0.137 e. The molecule has 0 N–H and O–H groups in total. The summed E-state index contributed by atoms with van der Waals surface area (Å²) in [5.41, 5.74) is 2.36. The fourth-order valence-electron chi connectivity index (χ4n) is 1.55. The van der Waals surface area contributed by atoms with Gasteiger partial charge in [-0.3, -0.25) is 0 Å². The van der Waals surface area contributed by atoms with Gasteiger partial charge < -0.3 is 4.90 Å². The molecule has 0 aliphatic rings. The van der Waals surface area contributed by atoms with Gasteiger partial charge in [0.25, 0.3) is 0 Å². The Morgan fingerprint density at radius 1 is 1.47 bits per heavy atom. The first kappa shape index (κ1) is 11.9. The number of nitrogens with zero attached hydrogens (tertiary/aromatic N) is 2. The van der Waals surface area contributed by atoms with E-state index in [1.54, 1.807) is 0 Å². The lowest BCUT2D eigenvalue weighted by Crippen LogP contribution is -2.29. The minimum Gasteiger partial charge on any atom is -0.369 e. The van der Waals surface area contributed by atoms with Gasteiger partial charge in [0.05, 0.1) is 6.07 Å². The van der Waals surface area contributed by atoms with E-state index in [9.17, 15) is 0 Å². The van der Waals surface area contributed by atoms with Crippen molar-refractivity contribution in [2.45, 2.75) is 19.2 Å². The number of rotatable bonds is 4. The SMILES string of the molecule is CCN(CC(Cl)C#N)c1ccccc1C. The third-order valence-corrected chi connectivity index (χ3v) is 2.59. The van der Waals surface area contributed by atoms with Gasteiger partial charge in [-0.05, 0) is 25.5 Å². The number of anilines is 1. The standard InChI is InChI=1S/C12H15ClN2/c1-3-15(9-11(13)8-14)12-7-5-4-6-10(12)2/h4-7,11H,3,9H2,1-2H3. The Balaban J connectivity index is 2.84. The van der Waals surface area contributed by atoms with Crippen LogP contribution in [0, 0.1) is 18.3 Å². The molecule has 3 heteroatoms. The van der Waals surface area contributed by atoms with Crippen LogP contribution in [0.1, 0.15) is 12.5 Å². The van der Waals surface area contributed by atoms with E-state index in [1.165, 1.54) is 5.56 Å². The van der Waals surface area contributed by atoms with Crippen LogP contribution < -0.4 is 4.90 Å². The van der Waals surface area contributed by atoms with Crippen LogP contribution in [-0.4, -0.2) is 18.5 Å². The van der Waals surface area contributed by atoms with Crippen LogP contribution >= 0.6 is 11.6 Å². The van der Waals surface area contributed by atoms with E-state index in [4.69, 9.17) is 16.9 Å². The Morgan fingerprint density at radius 3 is 2.67 bits per heavy atom. The van der Waals surface area contributed by atoms with Crippen LogP contribution in [0.15, 0.2) is 24.3 Å². The summed E-state index contributed by atoms with van der Waals surface area (Å²) < 4.78 is 0. The van der Waals surface area contributed by atoms with Crippen molar-refractivity contribution in [1.29, 1.82) is 5.26 Å². The molecule has 0 heterocycles. The molecule has 2 nitrogen and oxygen atoms in total. The van der Waals surface area contributed by atoms with Gasteiger partial charge in [0.15, 0.2) is 0 Å². The number of para-hydroxylation sites is 1. The lowest BCUT2D eigenvalue weighted by atomic mass is 10.2. The molecular weight excluding hydrogens is 208 g/mol. The largest absolute Gasteiger partial charge is 0.369 e. The lowest BCUT2D eigenvalue weighted by Gasteiger charge is -2.25. The van der Waals surface area contributed by atoms with Crippen LogP contribution in [0.3, 0.4) is 0 Å². The molecule has 0 aromatic heterocycles. The molecule has 1 aromatic carbocycles. The van der Waals surface area contributed by atoms with Crippen LogP contribution in [0.5, 0.6) is 0 Å². The van der Waals surface area contributed by atoms with Gasteiger partial charge in [-0.25, -0.2) is 0 Å². The van der Waals surface area contributed by atoms with Crippen molar-refractivity contribution in [2.75, 3.05) is 18.0 Å². The summed E-state index contributed by atoms with van der Waals surface area (Å²) in [7, 11) is 0. The molecule has 1 aromatic rings. The highest BCUT2D eigenvalue weighted by molar-refractivity contribution is 6.22. The second kappa shape index (κ2) is 5.63. The Labute approximate surface area is 96.1 Å². The first-order valence-electron chi connectivity index (χ1n) is 5.03. The van der Waals surface area contributed by atoms with E-state index in [2.05, 4.69) is 30.9 Å². The monoisotopic (exact) mass is 222 g/mol. The van der Waals surface area contributed by atoms with Crippen molar-refractivity contribution in [3.8, 4) is 6.07 Å². The second-order valence-corrected chi connectivity index (χ2v) is 3.95. The van der Waals surface area contributed by atoms with E-state index < -0.39 is 5.38 Å². The zero-order chi connectivity index (χ0) is 11.3. The zero-order valence-corrected chi connectivity index (χ0v) is 9.83. The van der Waals surface area contributed by atoms with Crippen molar-refractivity contribution in [3.05, 3.63) is 29.8 Å². The second-order valence-electron chi connectivity index (χ2n) is 3.42. The Hall–Kier alpha value is -1.20. The first-order valence-corrected chi connectivity index (χ1v) is 5.47. The van der Waals surface area contributed by atoms with Gasteiger partial charge in [0.1, 0.15) is 5.38 Å². The van der Waals surface area contributed by atoms with E-state index in [0.29, 0.717) is 6.54 Å². The molecule has 0 aliphatic heterocycles. The highest BCUT2D eigenvalue weighted by Crippen LogP contribution is 2.19. The quantitative estimate of drug-likeness (QED) is 0.733. The van der Waals surface area contributed by atoms with Crippen LogP contribution in [0.25, 0.3) is 0 Å². The molecule has 0 spiro atoms. The molecule has 1 atom stereocenters. The van der Waals surface area contributed by atoms with Crippen LogP contribution in [0.4, 0.5) is 5.69 Å². The van der Waals surface area contributed by atoms with E-state index in [-0.39, 0.29) is 0 Å². The van der Waals surface area contributed by atoms with Gasteiger partial charge in [0.2, 0.25) is 0 Å². The number of benzene rings is 1. The normalized spacial score (nSPS) is 11.9. The summed E-state index contributed by atoms with van der Waals surface area (Å²) in [6, 6.07) is 10.2. The van der Waals surface area contributed by atoms with E-state index in [1.807, 2.05) is 18.2 Å². The first-order chi connectivity index (χ1) is 7.19. The number of hydrogen-bond donors (Lipinski definition) is 0. The summed E-state index contributed by atoms with van der Waals surface area (Å²) in [4.78, 5) is 2.12. The fourth-order valence-corrected chi connectivity index (χ4v) is 1.72. The molecule has 1 unspecified atom stereocenters. The Bertz CT molecular complexity index is 357. The Kier molecular flexibility index (Phi) is 4.45. The maximum atomic E-state index is 8.69. The highest BCUT2D eigenvalue weighted by atomic mass is 35.5. The molecular formula is C12H15ClN2. The molecule has 0 fully saturated rings. The predicted molar refractivity (Wildman–Crippen MR) is 64.3 cm³/mol. The molecule has 0 saturated heterocycles. The summed E-state index contributed by atoms with van der Waals surface area (Å²) in [6.45, 7) is 5.55. The van der Waals surface area contributed by atoms with Crippen molar-refractivity contribution in [3.63, 3.8) is 0 Å². The maximum absolute atomic E-state index is 8.69. The summed E-state index contributed by atoms with van der Waals surface area (Å²) in [5.74, 6) is 0. The number of halogens is 1. The molecule has 1 rings (SSSR count). The van der Waals surface area contributed by atoms with Gasteiger partial charge in [0, 0.05) is 18.8 Å². The molecule has 0 saturated carbocycles. The van der Waals surface area contributed by atoms with Crippen molar-refractivity contribution >= 4 is 17.3 Å². The number of aryl methyl sites for hydroxylation is 1. The average Bonchev–Trinajstić information content (AvgIpc) is 2.26. The van der Waals surface area contributed by atoms with Crippen molar-refractivity contribution < 1.29 is 0 Å². The number of hydrogen-bond acceptors (Lipinski definition) is 2. The molecule has 15 heavy (non-hydrogen) atoms. The van der Waals surface area contributed by atoms with E-state index in [0.717, 1.165) is 12.2 Å². The Morgan fingerprint density at radius 2 is 2.13 bits per heavy atom. The molecule has 0 radical (unpaired) electrons. The van der Waals surface area contributed by atoms with Gasteiger partial charge in [-0.2, -0.15) is 5.26 Å². The fraction of sp³-hybridized carbons (Fsp3) is 0.417. The van der Waals surface area contributed by atoms with Gasteiger partial charge in [-0.1, -0.05) is 18.2 Å². The van der Waals surface area contributed by atoms with E-state index >= 15 is 0 Å². The summed E-state index contributed by atoms with van der Waals surface area (Å²) >= 11 is 5.84. The minimum absolute atomic E-state index is 0.454. The molecule has 0 bridgehead atoms. The third-order valence-electron chi connectivity index (χ3n) is 2.36. The molecule has 0 aliphatic carbocycles.